The number of nitro benzene ring substituents is 1. The smallest absolute Gasteiger partial charge is 0.269 e. The molecule has 0 radical (unpaired) electrons. The first-order chi connectivity index (χ1) is 14.3. The van der Waals surface area contributed by atoms with Gasteiger partial charge >= 0.3 is 0 Å². The molecule has 1 aromatic carbocycles. The normalized spacial score (nSPS) is 27.9. The first-order valence-corrected chi connectivity index (χ1v) is 10.2. The number of piperidine rings is 1. The van der Waals surface area contributed by atoms with Crippen molar-refractivity contribution >= 4 is 23.0 Å². The molecule has 1 aliphatic carbocycles. The number of carbonyl (C=O) groups excluding carboxylic acids is 2. The van der Waals surface area contributed by atoms with E-state index in [0.717, 1.165) is 30.5 Å². The van der Waals surface area contributed by atoms with Crippen molar-refractivity contribution in [2.24, 2.45) is 11.3 Å². The number of ketones is 1. The fourth-order valence-corrected chi connectivity index (χ4v) is 4.99. The van der Waals surface area contributed by atoms with Gasteiger partial charge in [-0.05, 0) is 61.4 Å². The molecule has 1 unspecified atom stereocenters. The predicted octanol–water partition coefficient (Wildman–Crippen LogP) is 1.52. The van der Waals surface area contributed by atoms with Crippen molar-refractivity contribution in [1.29, 1.82) is 0 Å². The molecule has 3 atom stereocenters. The van der Waals surface area contributed by atoms with Crippen LogP contribution in [-0.2, 0) is 9.59 Å². The maximum Gasteiger partial charge on any atom is 0.269 e. The topological polar surface area (TPSA) is 125 Å². The Balaban J connectivity index is 1.51. The molecule has 4 rings (SSSR count). The van der Waals surface area contributed by atoms with Gasteiger partial charge in [0.1, 0.15) is 0 Å². The Kier molecular flexibility index (Phi) is 5.44. The van der Waals surface area contributed by atoms with Crippen LogP contribution in [0, 0.1) is 21.4 Å². The molecule has 3 aliphatic rings. The number of nitrogens with one attached hydrogen (secondary N) is 2. The molecule has 30 heavy (non-hydrogen) atoms. The van der Waals surface area contributed by atoms with Crippen LogP contribution in [0.1, 0.15) is 31.2 Å². The molecule has 1 saturated carbocycles. The largest absolute Gasteiger partial charge is 0.304 e. The van der Waals surface area contributed by atoms with Crippen molar-refractivity contribution in [3.8, 4) is 0 Å². The van der Waals surface area contributed by atoms with E-state index in [4.69, 9.17) is 0 Å². The van der Waals surface area contributed by atoms with Crippen molar-refractivity contribution in [3.05, 3.63) is 46.0 Å². The number of carbonyl (C=O) groups is 2. The van der Waals surface area contributed by atoms with Crippen molar-refractivity contribution in [3.63, 3.8) is 0 Å². The zero-order valence-electron chi connectivity index (χ0n) is 16.8. The molecular weight excluding hydrogens is 388 g/mol. The first-order valence-electron chi connectivity index (χ1n) is 10.2. The summed E-state index contributed by atoms with van der Waals surface area (Å²) in [6, 6.07) is 5.25. The van der Waals surface area contributed by atoms with E-state index in [1.165, 1.54) is 12.1 Å². The van der Waals surface area contributed by atoms with Gasteiger partial charge in [-0.3, -0.25) is 29.8 Å². The number of nitrogens with zero attached hydrogens (tertiary/aromatic N) is 2. The average Bonchev–Trinajstić information content (AvgIpc) is 3.50. The first kappa shape index (κ1) is 20.6. The van der Waals surface area contributed by atoms with Gasteiger partial charge in [-0.2, -0.15) is 0 Å². The molecule has 9 heteroatoms. The second-order valence-electron chi connectivity index (χ2n) is 8.75. The third kappa shape index (κ3) is 3.88. The lowest BCUT2D eigenvalue weighted by atomic mass is 9.77. The molecule has 1 aromatic rings. The van der Waals surface area contributed by atoms with Gasteiger partial charge in [0.05, 0.1) is 22.9 Å². The highest BCUT2D eigenvalue weighted by Crippen LogP contribution is 2.54. The average molecular weight is 414 g/mol. The molecule has 0 aromatic heterocycles. The van der Waals surface area contributed by atoms with E-state index in [2.05, 4.69) is 5.32 Å². The van der Waals surface area contributed by atoms with E-state index in [1.807, 2.05) is 18.0 Å². The summed E-state index contributed by atoms with van der Waals surface area (Å²) in [5.41, 5.74) is 3.66. The van der Waals surface area contributed by atoms with Crippen molar-refractivity contribution in [2.45, 2.75) is 37.8 Å². The standard InChI is InChI=1S/C21H26N4O5/c1-24-12-21(7-8-21)11-16(20(27)23-28)18(24)19(26)17-10-14(6-9-22-17)13-2-4-15(5-3-13)25(29)30/h2-6,16-18,22,28H,7-12H2,1H3,(H,23,27)/t16-,17?,18-/m0/s1. The fourth-order valence-electron chi connectivity index (χ4n) is 4.99. The van der Waals surface area contributed by atoms with Crippen LogP contribution in [0.3, 0.4) is 0 Å². The zero-order valence-corrected chi connectivity index (χ0v) is 16.8. The van der Waals surface area contributed by atoms with Gasteiger partial charge in [0.25, 0.3) is 5.69 Å². The summed E-state index contributed by atoms with van der Waals surface area (Å²) in [5, 5.41) is 23.3. The number of Topliss-reactive ketones (excluding diaryl/α,β-unsaturated/α-hetero) is 1. The van der Waals surface area contributed by atoms with Crippen LogP contribution in [0.25, 0.3) is 5.57 Å². The molecule has 1 spiro atoms. The highest BCUT2D eigenvalue weighted by molar-refractivity contribution is 5.96. The molecule has 2 fully saturated rings. The second kappa shape index (κ2) is 7.90. The Bertz CT molecular complexity index is 893. The Morgan fingerprint density at radius 3 is 2.60 bits per heavy atom. The number of rotatable bonds is 5. The Morgan fingerprint density at radius 2 is 2.00 bits per heavy atom. The predicted molar refractivity (Wildman–Crippen MR) is 109 cm³/mol. The zero-order chi connectivity index (χ0) is 21.5. The second-order valence-corrected chi connectivity index (χ2v) is 8.75. The minimum atomic E-state index is -0.600. The van der Waals surface area contributed by atoms with E-state index in [0.29, 0.717) is 19.4 Å². The Hall–Kier alpha value is -2.62. The molecular formula is C21H26N4O5. The summed E-state index contributed by atoms with van der Waals surface area (Å²) in [7, 11) is 1.87. The van der Waals surface area contributed by atoms with Crippen LogP contribution in [0.2, 0.25) is 0 Å². The number of amides is 1. The van der Waals surface area contributed by atoms with Crippen molar-refractivity contribution < 1.29 is 19.7 Å². The highest BCUT2D eigenvalue weighted by atomic mass is 16.6. The van der Waals surface area contributed by atoms with Crippen LogP contribution >= 0.6 is 0 Å². The van der Waals surface area contributed by atoms with E-state index < -0.39 is 28.8 Å². The Labute approximate surface area is 174 Å². The van der Waals surface area contributed by atoms with Crippen LogP contribution in [0.15, 0.2) is 30.3 Å². The van der Waals surface area contributed by atoms with Gasteiger partial charge in [0.15, 0.2) is 5.78 Å². The fraction of sp³-hybridized carbons (Fsp3) is 0.524. The van der Waals surface area contributed by atoms with Crippen LogP contribution in [-0.4, -0.2) is 58.9 Å². The SMILES string of the molecule is CN1CC2(CC2)C[C@H](C(=O)NO)[C@H]1C(=O)C1CC(c2ccc([N+](=O)[O-])cc2)=CCN1. The summed E-state index contributed by atoms with van der Waals surface area (Å²) < 4.78 is 0. The summed E-state index contributed by atoms with van der Waals surface area (Å²) in [6.45, 7) is 1.27. The highest BCUT2D eigenvalue weighted by Gasteiger charge is 2.55. The van der Waals surface area contributed by atoms with Gasteiger partial charge in [-0.1, -0.05) is 6.08 Å². The van der Waals surface area contributed by atoms with E-state index in [-0.39, 0.29) is 16.9 Å². The molecule has 3 N–H and O–H groups in total. The van der Waals surface area contributed by atoms with Gasteiger partial charge in [0.2, 0.25) is 5.91 Å². The molecule has 160 valence electrons. The van der Waals surface area contributed by atoms with Crippen LogP contribution < -0.4 is 10.8 Å². The molecule has 1 amide bonds. The van der Waals surface area contributed by atoms with Gasteiger partial charge < -0.3 is 5.32 Å². The lowest BCUT2D eigenvalue weighted by molar-refractivity contribution is -0.384. The number of nitro groups is 1. The molecule has 1 saturated heterocycles. The monoisotopic (exact) mass is 414 g/mol. The van der Waals surface area contributed by atoms with Crippen molar-refractivity contribution in [2.75, 3.05) is 20.1 Å². The van der Waals surface area contributed by atoms with Gasteiger partial charge in [-0.15, -0.1) is 0 Å². The van der Waals surface area contributed by atoms with E-state index >= 15 is 0 Å². The number of hydrogen-bond donors (Lipinski definition) is 3. The number of hydroxylamine groups is 1. The van der Waals surface area contributed by atoms with E-state index in [9.17, 15) is 24.9 Å². The maximum atomic E-state index is 13.5. The number of likely N-dealkylation sites (N-methyl/N-ethyl adjacent to an activating group) is 1. The molecule has 0 bridgehead atoms. The number of hydrogen-bond acceptors (Lipinski definition) is 7. The summed E-state index contributed by atoms with van der Waals surface area (Å²) >= 11 is 0. The lowest BCUT2D eigenvalue weighted by Crippen LogP contribution is -2.59. The van der Waals surface area contributed by atoms with Crippen LogP contribution in [0.5, 0.6) is 0 Å². The van der Waals surface area contributed by atoms with E-state index in [1.54, 1.807) is 17.6 Å². The summed E-state index contributed by atoms with van der Waals surface area (Å²) in [4.78, 5) is 38.2. The number of likely N-dealkylation sites (tertiary alicyclic amines) is 1. The number of non-ortho nitro benzene ring substituents is 1. The number of benzene rings is 1. The third-order valence-electron chi connectivity index (χ3n) is 6.72. The van der Waals surface area contributed by atoms with Crippen molar-refractivity contribution in [1.82, 2.24) is 15.7 Å². The molecule has 2 aliphatic heterocycles. The van der Waals surface area contributed by atoms with Crippen LogP contribution in [0.4, 0.5) is 5.69 Å². The molecule has 2 heterocycles. The summed E-state index contributed by atoms with van der Waals surface area (Å²) in [5.74, 6) is -1.15. The molecule has 9 nitrogen and oxygen atoms in total. The summed E-state index contributed by atoms with van der Waals surface area (Å²) in [6.07, 6.45) is 5.12. The third-order valence-corrected chi connectivity index (χ3v) is 6.72. The van der Waals surface area contributed by atoms with Gasteiger partial charge in [-0.25, -0.2) is 5.48 Å². The van der Waals surface area contributed by atoms with Gasteiger partial charge in [0, 0.05) is 25.2 Å². The quantitative estimate of drug-likeness (QED) is 0.379. The minimum absolute atomic E-state index is 0.0246. The maximum absolute atomic E-state index is 13.5. The minimum Gasteiger partial charge on any atom is -0.304 e. The Morgan fingerprint density at radius 1 is 1.30 bits per heavy atom. The lowest BCUT2D eigenvalue weighted by Gasteiger charge is -2.43.